The summed E-state index contributed by atoms with van der Waals surface area (Å²) in [4.78, 5) is 23.4. The molecule has 0 heterocycles. The maximum absolute atomic E-state index is 12.0. The molecule has 1 aliphatic rings. The van der Waals surface area contributed by atoms with Gasteiger partial charge in [-0.1, -0.05) is 6.42 Å². The lowest BCUT2D eigenvalue weighted by Crippen LogP contribution is -2.50. The first kappa shape index (κ1) is 14.1. The third-order valence-electron chi connectivity index (χ3n) is 3.40. The number of unbranched alkanes of at least 4 members (excludes halogenated alkanes) is 1. The third kappa shape index (κ3) is 3.78. The number of ketones is 1. The van der Waals surface area contributed by atoms with E-state index in [0.29, 0.717) is 6.54 Å². The maximum atomic E-state index is 12.0. The molecule has 1 aliphatic carbocycles. The van der Waals surface area contributed by atoms with Crippen LogP contribution in [-0.2, 0) is 9.59 Å². The number of hydrogen-bond donors (Lipinski definition) is 3. The molecule has 0 aromatic rings. The van der Waals surface area contributed by atoms with Crippen molar-refractivity contribution in [2.24, 2.45) is 5.73 Å². The second-order valence-corrected chi connectivity index (χ2v) is 4.75. The van der Waals surface area contributed by atoms with Gasteiger partial charge in [-0.05, 0) is 46.2 Å². The van der Waals surface area contributed by atoms with Gasteiger partial charge in [-0.25, -0.2) is 0 Å². The summed E-state index contributed by atoms with van der Waals surface area (Å²) in [6, 6.07) is -0.224. The lowest BCUT2D eigenvalue weighted by molar-refractivity contribution is -0.129. The molecule has 1 atom stereocenters. The number of nitrogens with two attached hydrogens (primary N) is 1. The minimum Gasteiger partial charge on any atom is -0.342 e. The van der Waals surface area contributed by atoms with Crippen LogP contribution in [0.4, 0.5) is 0 Å². The first-order valence-corrected chi connectivity index (χ1v) is 6.26. The van der Waals surface area contributed by atoms with Crippen molar-refractivity contribution in [1.82, 2.24) is 10.6 Å². The van der Waals surface area contributed by atoms with E-state index in [1.54, 1.807) is 7.05 Å². The van der Waals surface area contributed by atoms with Gasteiger partial charge in [0.1, 0.15) is 0 Å². The molecule has 0 unspecified atom stereocenters. The molecule has 4 N–H and O–H groups in total. The molecule has 5 heteroatoms. The Bertz CT molecular complexity index is 287. The molecule has 98 valence electrons. The van der Waals surface area contributed by atoms with Crippen molar-refractivity contribution < 1.29 is 9.59 Å². The molecule has 0 bridgehead atoms. The largest absolute Gasteiger partial charge is 0.342 e. The van der Waals surface area contributed by atoms with E-state index in [2.05, 4.69) is 10.6 Å². The maximum Gasteiger partial charge on any atom is 0.237 e. The van der Waals surface area contributed by atoms with Gasteiger partial charge in [0.05, 0.1) is 11.6 Å². The average Bonchev–Trinajstić information content (AvgIpc) is 3.05. The number of hydrogen-bond acceptors (Lipinski definition) is 4. The van der Waals surface area contributed by atoms with Crippen LogP contribution in [0.25, 0.3) is 0 Å². The Morgan fingerprint density at radius 2 is 2.00 bits per heavy atom. The molecule has 0 spiro atoms. The SMILES string of the molecule is CN[C@@H](CCCCN)C(=O)NC1(C(C)=O)CC1. The van der Waals surface area contributed by atoms with Gasteiger partial charge >= 0.3 is 0 Å². The van der Waals surface area contributed by atoms with Gasteiger partial charge in [0.15, 0.2) is 5.78 Å². The standard InChI is InChI=1S/C12H23N3O2/c1-9(16)12(6-7-12)15-11(17)10(14-2)5-3-4-8-13/h10,14H,3-8,13H2,1-2H3,(H,15,17)/t10-/m0/s1. The fourth-order valence-corrected chi connectivity index (χ4v) is 1.91. The van der Waals surface area contributed by atoms with Crippen LogP contribution in [0.5, 0.6) is 0 Å². The number of rotatable bonds is 8. The Balaban J connectivity index is 2.41. The summed E-state index contributed by atoms with van der Waals surface area (Å²) in [5, 5.41) is 5.85. The smallest absolute Gasteiger partial charge is 0.237 e. The topological polar surface area (TPSA) is 84.2 Å². The molecular weight excluding hydrogens is 218 g/mol. The molecule has 0 aromatic carbocycles. The highest BCUT2D eigenvalue weighted by Gasteiger charge is 2.49. The van der Waals surface area contributed by atoms with Gasteiger partial charge in [0.2, 0.25) is 5.91 Å². The summed E-state index contributed by atoms with van der Waals surface area (Å²) in [7, 11) is 1.76. The van der Waals surface area contributed by atoms with E-state index in [1.807, 2.05) is 0 Å². The molecule has 1 fully saturated rings. The monoisotopic (exact) mass is 241 g/mol. The van der Waals surface area contributed by atoms with Crippen LogP contribution in [0.1, 0.15) is 39.0 Å². The quantitative estimate of drug-likeness (QED) is 0.520. The normalized spacial score (nSPS) is 18.5. The minimum atomic E-state index is -0.556. The average molecular weight is 241 g/mol. The molecule has 17 heavy (non-hydrogen) atoms. The van der Waals surface area contributed by atoms with Crippen molar-refractivity contribution in [2.45, 2.75) is 50.6 Å². The van der Waals surface area contributed by atoms with Crippen molar-refractivity contribution in [2.75, 3.05) is 13.6 Å². The Morgan fingerprint density at radius 3 is 2.41 bits per heavy atom. The van der Waals surface area contributed by atoms with E-state index in [4.69, 9.17) is 5.73 Å². The van der Waals surface area contributed by atoms with Gasteiger partial charge in [-0.2, -0.15) is 0 Å². The zero-order valence-electron chi connectivity index (χ0n) is 10.7. The molecule has 1 saturated carbocycles. The first-order chi connectivity index (χ1) is 8.05. The number of Topliss-reactive ketones (excluding diaryl/α,β-unsaturated/α-hetero) is 1. The second kappa shape index (κ2) is 6.12. The predicted molar refractivity (Wildman–Crippen MR) is 66.5 cm³/mol. The van der Waals surface area contributed by atoms with Gasteiger partial charge in [0, 0.05) is 0 Å². The van der Waals surface area contributed by atoms with E-state index in [0.717, 1.165) is 32.1 Å². The molecule has 1 rings (SSSR count). The minimum absolute atomic E-state index is 0.0580. The molecule has 0 radical (unpaired) electrons. The van der Waals surface area contributed by atoms with Gasteiger partial charge < -0.3 is 16.4 Å². The molecule has 0 saturated heterocycles. The lowest BCUT2D eigenvalue weighted by atomic mass is 10.1. The number of likely N-dealkylation sites (N-methyl/N-ethyl adjacent to an activating group) is 1. The lowest BCUT2D eigenvalue weighted by Gasteiger charge is -2.20. The van der Waals surface area contributed by atoms with Gasteiger partial charge in [0.25, 0.3) is 0 Å². The summed E-state index contributed by atoms with van der Waals surface area (Å²) in [5.74, 6) is -0.0140. The summed E-state index contributed by atoms with van der Waals surface area (Å²) in [5.41, 5.74) is 4.86. The summed E-state index contributed by atoms with van der Waals surface area (Å²) in [6.07, 6.45) is 4.14. The van der Waals surface area contributed by atoms with E-state index >= 15 is 0 Å². The number of amides is 1. The second-order valence-electron chi connectivity index (χ2n) is 4.75. The number of nitrogens with one attached hydrogen (secondary N) is 2. The highest BCUT2D eigenvalue weighted by Crippen LogP contribution is 2.36. The van der Waals surface area contributed by atoms with E-state index in [-0.39, 0.29) is 17.7 Å². The fraction of sp³-hybridized carbons (Fsp3) is 0.833. The first-order valence-electron chi connectivity index (χ1n) is 6.26. The van der Waals surface area contributed by atoms with Crippen LogP contribution < -0.4 is 16.4 Å². The summed E-state index contributed by atoms with van der Waals surface area (Å²) < 4.78 is 0. The molecular formula is C12H23N3O2. The predicted octanol–water partition coefficient (Wildman–Crippen LogP) is -0.0588. The zero-order valence-corrected chi connectivity index (χ0v) is 10.7. The molecule has 5 nitrogen and oxygen atoms in total. The Labute approximate surface area is 103 Å². The zero-order chi connectivity index (χ0) is 12.9. The Kier molecular flexibility index (Phi) is 5.08. The summed E-state index contributed by atoms with van der Waals surface area (Å²) >= 11 is 0. The Hall–Kier alpha value is -0.940. The van der Waals surface area contributed by atoms with E-state index in [9.17, 15) is 9.59 Å². The van der Waals surface area contributed by atoms with E-state index in [1.165, 1.54) is 6.92 Å². The van der Waals surface area contributed by atoms with Crippen molar-refractivity contribution in [3.63, 3.8) is 0 Å². The highest BCUT2D eigenvalue weighted by molar-refractivity contribution is 5.95. The third-order valence-corrected chi connectivity index (χ3v) is 3.40. The van der Waals surface area contributed by atoms with Crippen LogP contribution in [0.2, 0.25) is 0 Å². The fourth-order valence-electron chi connectivity index (χ4n) is 1.91. The Morgan fingerprint density at radius 1 is 1.35 bits per heavy atom. The van der Waals surface area contributed by atoms with Crippen molar-refractivity contribution in [3.05, 3.63) is 0 Å². The van der Waals surface area contributed by atoms with Crippen LogP contribution in [-0.4, -0.2) is 36.9 Å². The van der Waals surface area contributed by atoms with Crippen molar-refractivity contribution >= 4 is 11.7 Å². The molecule has 0 aromatic heterocycles. The van der Waals surface area contributed by atoms with Crippen LogP contribution >= 0.6 is 0 Å². The van der Waals surface area contributed by atoms with Crippen molar-refractivity contribution in [1.29, 1.82) is 0 Å². The number of carbonyl (C=O) groups is 2. The van der Waals surface area contributed by atoms with Crippen LogP contribution in [0.15, 0.2) is 0 Å². The highest BCUT2D eigenvalue weighted by atomic mass is 16.2. The van der Waals surface area contributed by atoms with Gasteiger partial charge in [-0.3, -0.25) is 9.59 Å². The van der Waals surface area contributed by atoms with E-state index < -0.39 is 5.54 Å². The van der Waals surface area contributed by atoms with Crippen LogP contribution in [0.3, 0.4) is 0 Å². The number of carbonyl (C=O) groups excluding carboxylic acids is 2. The van der Waals surface area contributed by atoms with Crippen LogP contribution in [0, 0.1) is 0 Å². The van der Waals surface area contributed by atoms with Gasteiger partial charge in [-0.15, -0.1) is 0 Å². The molecule has 1 amide bonds. The molecule has 0 aliphatic heterocycles. The summed E-state index contributed by atoms with van der Waals surface area (Å²) in [6.45, 7) is 2.19. The van der Waals surface area contributed by atoms with Crippen molar-refractivity contribution in [3.8, 4) is 0 Å².